The molecule has 1 aliphatic heterocycles. The second-order valence-corrected chi connectivity index (χ2v) is 8.99. The van der Waals surface area contributed by atoms with Gasteiger partial charge in [-0.3, -0.25) is 14.9 Å². The van der Waals surface area contributed by atoms with E-state index in [9.17, 15) is 23.3 Å². The molecule has 0 aromatic heterocycles. The number of hydrogen-bond acceptors (Lipinski definition) is 5. The Bertz CT molecular complexity index is 1030. The standard InChI is InChI=1S/C20H23N3O5S/c1-15-8-9-17(23(25)26)13-19(15)20(24)21-14-16-6-5-7-18(12-16)29(27,28)22-10-3-2-4-11-22/h5-9,12-13H,2-4,10-11,14H2,1H3,(H,21,24). The first-order valence-corrected chi connectivity index (χ1v) is 10.9. The average molecular weight is 417 g/mol. The monoisotopic (exact) mass is 417 g/mol. The lowest BCUT2D eigenvalue weighted by Gasteiger charge is -2.26. The summed E-state index contributed by atoms with van der Waals surface area (Å²) >= 11 is 0. The zero-order chi connectivity index (χ0) is 21.0. The van der Waals surface area contributed by atoms with Gasteiger partial charge in [0.05, 0.1) is 9.82 Å². The molecule has 154 valence electrons. The Morgan fingerprint density at radius 3 is 2.55 bits per heavy atom. The third kappa shape index (κ3) is 4.80. The normalized spacial score (nSPS) is 15.1. The smallest absolute Gasteiger partial charge is 0.270 e. The Balaban J connectivity index is 1.73. The number of amides is 1. The van der Waals surface area contributed by atoms with Gasteiger partial charge >= 0.3 is 0 Å². The van der Waals surface area contributed by atoms with Crippen LogP contribution >= 0.6 is 0 Å². The highest BCUT2D eigenvalue weighted by molar-refractivity contribution is 7.89. The Kier molecular flexibility index (Phi) is 6.29. The highest BCUT2D eigenvalue weighted by Crippen LogP contribution is 2.22. The van der Waals surface area contributed by atoms with E-state index in [1.807, 2.05) is 0 Å². The summed E-state index contributed by atoms with van der Waals surface area (Å²) in [5.41, 5.74) is 1.32. The zero-order valence-corrected chi connectivity index (χ0v) is 16.9. The molecule has 29 heavy (non-hydrogen) atoms. The number of carbonyl (C=O) groups excluding carboxylic acids is 1. The van der Waals surface area contributed by atoms with Crippen molar-refractivity contribution < 1.29 is 18.1 Å². The molecule has 2 aromatic rings. The third-order valence-electron chi connectivity index (χ3n) is 4.98. The molecule has 0 spiro atoms. The van der Waals surface area contributed by atoms with Gasteiger partial charge in [0.15, 0.2) is 0 Å². The summed E-state index contributed by atoms with van der Waals surface area (Å²) in [6, 6.07) is 10.6. The summed E-state index contributed by atoms with van der Waals surface area (Å²) in [5, 5.41) is 13.7. The third-order valence-corrected chi connectivity index (χ3v) is 6.88. The van der Waals surface area contributed by atoms with Crippen LogP contribution in [0.15, 0.2) is 47.4 Å². The van der Waals surface area contributed by atoms with Crippen molar-refractivity contribution in [3.8, 4) is 0 Å². The molecular weight excluding hydrogens is 394 g/mol. The Morgan fingerprint density at radius 2 is 1.86 bits per heavy atom. The van der Waals surface area contributed by atoms with Crippen LogP contribution in [0.5, 0.6) is 0 Å². The molecule has 8 nitrogen and oxygen atoms in total. The molecule has 0 radical (unpaired) electrons. The maximum atomic E-state index is 12.8. The average Bonchev–Trinajstić information content (AvgIpc) is 2.73. The number of piperidine rings is 1. The minimum absolute atomic E-state index is 0.115. The lowest BCUT2D eigenvalue weighted by molar-refractivity contribution is -0.384. The molecule has 1 N–H and O–H groups in total. The highest BCUT2D eigenvalue weighted by atomic mass is 32.2. The van der Waals surface area contributed by atoms with E-state index in [1.165, 1.54) is 22.5 Å². The van der Waals surface area contributed by atoms with E-state index in [2.05, 4.69) is 5.32 Å². The topological polar surface area (TPSA) is 110 Å². The van der Waals surface area contributed by atoms with Gasteiger partial charge in [-0.15, -0.1) is 0 Å². The van der Waals surface area contributed by atoms with Crippen molar-refractivity contribution in [1.82, 2.24) is 9.62 Å². The van der Waals surface area contributed by atoms with Gasteiger partial charge in [-0.05, 0) is 43.0 Å². The number of sulfonamides is 1. The number of rotatable bonds is 6. The summed E-state index contributed by atoms with van der Waals surface area (Å²) in [5.74, 6) is -0.449. The Morgan fingerprint density at radius 1 is 1.14 bits per heavy atom. The molecule has 0 aliphatic carbocycles. The molecule has 0 unspecified atom stereocenters. The van der Waals surface area contributed by atoms with Crippen LogP contribution in [0.25, 0.3) is 0 Å². The molecule has 0 bridgehead atoms. The van der Waals surface area contributed by atoms with E-state index in [0.717, 1.165) is 19.3 Å². The first-order valence-electron chi connectivity index (χ1n) is 9.41. The number of nitro groups is 1. The van der Waals surface area contributed by atoms with Crippen molar-refractivity contribution in [3.05, 3.63) is 69.3 Å². The van der Waals surface area contributed by atoms with Crippen LogP contribution in [0.2, 0.25) is 0 Å². The quantitative estimate of drug-likeness (QED) is 0.574. The predicted octanol–water partition coefficient (Wildman–Crippen LogP) is 3.01. The number of aryl methyl sites for hydroxylation is 1. The van der Waals surface area contributed by atoms with Gasteiger partial charge in [0, 0.05) is 37.3 Å². The number of nitrogens with one attached hydrogen (secondary N) is 1. The van der Waals surface area contributed by atoms with E-state index < -0.39 is 20.9 Å². The molecule has 1 heterocycles. The Labute approximate surface area is 169 Å². The van der Waals surface area contributed by atoms with Crippen LogP contribution < -0.4 is 5.32 Å². The number of carbonyl (C=O) groups is 1. The molecular formula is C20H23N3O5S. The summed E-state index contributed by atoms with van der Waals surface area (Å²) in [6.07, 6.45) is 2.75. The molecule has 0 saturated carbocycles. The molecule has 2 aromatic carbocycles. The van der Waals surface area contributed by atoms with Crippen LogP contribution in [0.1, 0.15) is 40.7 Å². The maximum Gasteiger partial charge on any atom is 0.270 e. The van der Waals surface area contributed by atoms with Crippen molar-refractivity contribution in [3.63, 3.8) is 0 Å². The molecule has 0 atom stereocenters. The van der Waals surface area contributed by atoms with Crippen LogP contribution in [-0.4, -0.2) is 36.6 Å². The van der Waals surface area contributed by atoms with Crippen molar-refractivity contribution in [2.24, 2.45) is 0 Å². The lowest BCUT2D eigenvalue weighted by atomic mass is 10.1. The summed E-state index contributed by atoms with van der Waals surface area (Å²) in [4.78, 5) is 23.1. The van der Waals surface area contributed by atoms with Crippen molar-refractivity contribution in [1.29, 1.82) is 0 Å². The fraction of sp³-hybridized carbons (Fsp3) is 0.350. The van der Waals surface area contributed by atoms with Crippen LogP contribution in [-0.2, 0) is 16.6 Å². The van der Waals surface area contributed by atoms with Gasteiger partial charge < -0.3 is 5.32 Å². The Hall–Kier alpha value is -2.78. The second-order valence-electron chi connectivity index (χ2n) is 7.05. The number of nitrogens with zero attached hydrogens (tertiary/aromatic N) is 2. The summed E-state index contributed by atoms with van der Waals surface area (Å²) in [7, 11) is -3.55. The van der Waals surface area contributed by atoms with Crippen molar-refractivity contribution in [2.45, 2.75) is 37.6 Å². The molecule has 1 fully saturated rings. The van der Waals surface area contributed by atoms with Crippen LogP contribution in [0.3, 0.4) is 0 Å². The van der Waals surface area contributed by atoms with Gasteiger partial charge in [0.1, 0.15) is 0 Å². The fourth-order valence-electron chi connectivity index (χ4n) is 3.32. The summed E-state index contributed by atoms with van der Waals surface area (Å²) < 4.78 is 27.1. The SMILES string of the molecule is Cc1ccc([N+](=O)[O-])cc1C(=O)NCc1cccc(S(=O)(=O)N2CCCCC2)c1. The minimum Gasteiger partial charge on any atom is -0.348 e. The van der Waals surface area contributed by atoms with Gasteiger partial charge in [0.2, 0.25) is 10.0 Å². The number of non-ortho nitro benzene ring substituents is 1. The molecule has 3 rings (SSSR count). The second kappa shape index (κ2) is 8.71. The summed E-state index contributed by atoms with van der Waals surface area (Å²) in [6.45, 7) is 2.86. The largest absolute Gasteiger partial charge is 0.348 e. The predicted molar refractivity (Wildman–Crippen MR) is 108 cm³/mol. The lowest BCUT2D eigenvalue weighted by Crippen LogP contribution is -2.35. The minimum atomic E-state index is -3.55. The first-order chi connectivity index (χ1) is 13.8. The van der Waals surface area contributed by atoms with E-state index >= 15 is 0 Å². The van der Waals surface area contributed by atoms with E-state index in [-0.39, 0.29) is 22.7 Å². The zero-order valence-electron chi connectivity index (χ0n) is 16.1. The molecule has 1 aliphatic rings. The molecule has 1 amide bonds. The van der Waals surface area contributed by atoms with Gasteiger partial charge in [-0.1, -0.05) is 24.6 Å². The maximum absolute atomic E-state index is 12.8. The van der Waals surface area contributed by atoms with E-state index in [0.29, 0.717) is 24.2 Å². The van der Waals surface area contributed by atoms with Gasteiger partial charge in [-0.25, -0.2) is 8.42 Å². The van der Waals surface area contributed by atoms with E-state index in [1.54, 1.807) is 31.2 Å². The molecule has 9 heteroatoms. The van der Waals surface area contributed by atoms with Gasteiger partial charge in [-0.2, -0.15) is 4.31 Å². The van der Waals surface area contributed by atoms with Crippen molar-refractivity contribution in [2.75, 3.05) is 13.1 Å². The highest BCUT2D eigenvalue weighted by Gasteiger charge is 2.26. The molecule has 1 saturated heterocycles. The fourth-order valence-corrected chi connectivity index (χ4v) is 4.90. The van der Waals surface area contributed by atoms with Gasteiger partial charge in [0.25, 0.3) is 11.6 Å². The number of benzene rings is 2. The number of nitro benzene ring substituents is 1. The van der Waals surface area contributed by atoms with Crippen LogP contribution in [0, 0.1) is 17.0 Å². The van der Waals surface area contributed by atoms with E-state index in [4.69, 9.17) is 0 Å². The van der Waals surface area contributed by atoms with Crippen LogP contribution in [0.4, 0.5) is 5.69 Å². The van der Waals surface area contributed by atoms with Crippen molar-refractivity contribution >= 4 is 21.6 Å². The first kappa shape index (κ1) is 20.9. The number of hydrogen-bond donors (Lipinski definition) is 1.